The minimum atomic E-state index is -0.261. The van der Waals surface area contributed by atoms with E-state index in [1.807, 2.05) is 26.0 Å². The van der Waals surface area contributed by atoms with E-state index < -0.39 is 0 Å². The van der Waals surface area contributed by atoms with E-state index in [9.17, 15) is 9.59 Å². The van der Waals surface area contributed by atoms with E-state index in [2.05, 4.69) is 10.4 Å². The Bertz CT molecular complexity index is 687. The molecule has 0 saturated heterocycles. The Kier molecular flexibility index (Phi) is 4.60. The standard InChI is InChI=1S/C16H20N4O2/c1-5-20-14(16(22)19(3)4)13(10-17-20)18-15(21)12-8-6-11(2)7-9-12/h6-10H,5H2,1-4H3,(H,18,21). The fourth-order valence-electron chi connectivity index (χ4n) is 2.05. The van der Waals surface area contributed by atoms with Crippen molar-refractivity contribution < 1.29 is 9.59 Å². The van der Waals surface area contributed by atoms with Crippen molar-refractivity contribution in [1.29, 1.82) is 0 Å². The lowest BCUT2D eigenvalue weighted by Crippen LogP contribution is -2.26. The molecule has 2 aromatic rings. The zero-order valence-electron chi connectivity index (χ0n) is 13.3. The summed E-state index contributed by atoms with van der Waals surface area (Å²) in [5, 5.41) is 6.92. The third-order valence-electron chi connectivity index (χ3n) is 3.31. The van der Waals surface area contributed by atoms with Gasteiger partial charge < -0.3 is 10.2 Å². The number of amides is 2. The van der Waals surface area contributed by atoms with Crippen molar-refractivity contribution in [3.8, 4) is 0 Å². The molecule has 0 unspecified atom stereocenters. The highest BCUT2D eigenvalue weighted by Gasteiger charge is 2.21. The molecular formula is C16H20N4O2. The van der Waals surface area contributed by atoms with Crippen LogP contribution in [0.2, 0.25) is 0 Å². The second-order valence-electron chi connectivity index (χ2n) is 5.24. The normalized spacial score (nSPS) is 10.4. The van der Waals surface area contributed by atoms with Gasteiger partial charge in [0.25, 0.3) is 11.8 Å². The fraction of sp³-hybridized carbons (Fsp3) is 0.312. The summed E-state index contributed by atoms with van der Waals surface area (Å²) in [5.74, 6) is -0.456. The van der Waals surface area contributed by atoms with Crippen LogP contribution >= 0.6 is 0 Å². The van der Waals surface area contributed by atoms with Crippen molar-refractivity contribution in [3.63, 3.8) is 0 Å². The van der Waals surface area contributed by atoms with Crippen LogP contribution in [0.1, 0.15) is 33.3 Å². The number of carbonyl (C=O) groups excluding carboxylic acids is 2. The van der Waals surface area contributed by atoms with E-state index in [0.29, 0.717) is 23.5 Å². The first-order chi connectivity index (χ1) is 10.4. The summed E-state index contributed by atoms with van der Waals surface area (Å²) in [6, 6.07) is 7.25. The van der Waals surface area contributed by atoms with Crippen LogP contribution in [0.5, 0.6) is 0 Å². The summed E-state index contributed by atoms with van der Waals surface area (Å²) in [6.07, 6.45) is 1.51. The maximum Gasteiger partial charge on any atom is 0.273 e. The van der Waals surface area contributed by atoms with Crippen molar-refractivity contribution in [2.24, 2.45) is 0 Å². The molecule has 1 aromatic heterocycles. The summed E-state index contributed by atoms with van der Waals surface area (Å²) >= 11 is 0. The Morgan fingerprint density at radius 2 is 1.86 bits per heavy atom. The second kappa shape index (κ2) is 6.43. The van der Waals surface area contributed by atoms with Crippen molar-refractivity contribution in [1.82, 2.24) is 14.7 Å². The van der Waals surface area contributed by atoms with Gasteiger partial charge in [-0.05, 0) is 26.0 Å². The predicted molar refractivity (Wildman–Crippen MR) is 85.1 cm³/mol. The van der Waals surface area contributed by atoms with Gasteiger partial charge in [0.1, 0.15) is 5.69 Å². The van der Waals surface area contributed by atoms with Crippen LogP contribution in [-0.2, 0) is 6.54 Å². The minimum Gasteiger partial charge on any atom is -0.343 e. The first-order valence-corrected chi connectivity index (χ1v) is 7.09. The molecule has 1 N–H and O–H groups in total. The third kappa shape index (κ3) is 3.16. The first-order valence-electron chi connectivity index (χ1n) is 7.09. The van der Waals surface area contributed by atoms with Gasteiger partial charge in [-0.25, -0.2) is 0 Å². The zero-order chi connectivity index (χ0) is 16.3. The SMILES string of the molecule is CCn1ncc(NC(=O)c2ccc(C)cc2)c1C(=O)N(C)C. The lowest BCUT2D eigenvalue weighted by Gasteiger charge is -2.13. The quantitative estimate of drug-likeness (QED) is 0.941. The molecule has 0 saturated carbocycles. The molecule has 0 aliphatic rings. The summed E-state index contributed by atoms with van der Waals surface area (Å²) in [5.41, 5.74) is 2.43. The second-order valence-corrected chi connectivity index (χ2v) is 5.24. The molecule has 1 aromatic carbocycles. The molecule has 6 heteroatoms. The maximum atomic E-state index is 12.3. The maximum absolute atomic E-state index is 12.3. The molecule has 0 radical (unpaired) electrons. The number of carbonyl (C=O) groups is 2. The fourth-order valence-corrected chi connectivity index (χ4v) is 2.05. The molecule has 1 heterocycles. The minimum absolute atomic E-state index is 0.196. The lowest BCUT2D eigenvalue weighted by molar-refractivity contribution is 0.0816. The van der Waals surface area contributed by atoms with E-state index >= 15 is 0 Å². The monoisotopic (exact) mass is 300 g/mol. The van der Waals surface area contributed by atoms with Crippen LogP contribution in [-0.4, -0.2) is 40.6 Å². The van der Waals surface area contributed by atoms with Gasteiger partial charge in [-0.1, -0.05) is 17.7 Å². The Hall–Kier alpha value is -2.63. The number of benzene rings is 1. The molecule has 0 spiro atoms. The van der Waals surface area contributed by atoms with Crippen molar-refractivity contribution in [2.75, 3.05) is 19.4 Å². The van der Waals surface area contributed by atoms with Crippen molar-refractivity contribution in [3.05, 3.63) is 47.3 Å². The molecule has 0 aliphatic carbocycles. The molecule has 0 bridgehead atoms. The number of hydrogen-bond donors (Lipinski definition) is 1. The molecule has 22 heavy (non-hydrogen) atoms. The van der Waals surface area contributed by atoms with Gasteiger partial charge in [0, 0.05) is 26.2 Å². The van der Waals surface area contributed by atoms with E-state index in [-0.39, 0.29) is 11.8 Å². The molecule has 6 nitrogen and oxygen atoms in total. The van der Waals surface area contributed by atoms with Crippen molar-refractivity contribution in [2.45, 2.75) is 20.4 Å². The number of nitrogens with one attached hydrogen (secondary N) is 1. The summed E-state index contributed by atoms with van der Waals surface area (Å²) in [7, 11) is 3.34. The molecule has 2 rings (SSSR count). The molecule has 116 valence electrons. The number of nitrogens with zero attached hydrogens (tertiary/aromatic N) is 3. The van der Waals surface area contributed by atoms with Gasteiger partial charge in [0.2, 0.25) is 0 Å². The van der Waals surface area contributed by atoms with Gasteiger partial charge >= 0.3 is 0 Å². The van der Waals surface area contributed by atoms with Crippen LogP contribution < -0.4 is 5.32 Å². The van der Waals surface area contributed by atoms with Crippen LogP contribution in [0.4, 0.5) is 5.69 Å². The van der Waals surface area contributed by atoms with E-state index in [0.717, 1.165) is 5.56 Å². The zero-order valence-corrected chi connectivity index (χ0v) is 13.3. The smallest absolute Gasteiger partial charge is 0.273 e. The van der Waals surface area contributed by atoms with Gasteiger partial charge in [-0.15, -0.1) is 0 Å². The molecule has 0 aliphatic heterocycles. The topological polar surface area (TPSA) is 67.2 Å². The van der Waals surface area contributed by atoms with Gasteiger partial charge in [-0.2, -0.15) is 5.10 Å². The van der Waals surface area contributed by atoms with Crippen molar-refractivity contribution >= 4 is 17.5 Å². The average molecular weight is 300 g/mol. The summed E-state index contributed by atoms with van der Waals surface area (Å²) < 4.78 is 1.58. The number of hydrogen-bond acceptors (Lipinski definition) is 3. The number of aryl methyl sites for hydroxylation is 2. The molecule has 0 fully saturated rings. The molecule has 0 atom stereocenters. The number of rotatable bonds is 4. The largest absolute Gasteiger partial charge is 0.343 e. The first kappa shape index (κ1) is 15.8. The van der Waals surface area contributed by atoms with Crippen LogP contribution in [0.3, 0.4) is 0 Å². The van der Waals surface area contributed by atoms with Gasteiger partial charge in [0.15, 0.2) is 0 Å². The number of aromatic nitrogens is 2. The van der Waals surface area contributed by atoms with Crippen LogP contribution in [0, 0.1) is 6.92 Å². The Morgan fingerprint density at radius 3 is 2.41 bits per heavy atom. The van der Waals surface area contributed by atoms with E-state index in [1.165, 1.54) is 11.1 Å². The van der Waals surface area contributed by atoms with E-state index in [1.54, 1.807) is 30.9 Å². The number of anilines is 1. The lowest BCUT2D eigenvalue weighted by atomic mass is 10.1. The highest BCUT2D eigenvalue weighted by Crippen LogP contribution is 2.18. The Morgan fingerprint density at radius 1 is 1.23 bits per heavy atom. The van der Waals surface area contributed by atoms with Gasteiger partial charge in [-0.3, -0.25) is 14.3 Å². The van der Waals surface area contributed by atoms with Crippen LogP contribution in [0.25, 0.3) is 0 Å². The average Bonchev–Trinajstić information content (AvgIpc) is 2.89. The molecular weight excluding hydrogens is 280 g/mol. The third-order valence-corrected chi connectivity index (χ3v) is 3.31. The predicted octanol–water partition coefficient (Wildman–Crippen LogP) is 2.17. The van der Waals surface area contributed by atoms with Crippen LogP contribution in [0.15, 0.2) is 30.5 Å². The molecule has 2 amide bonds. The highest BCUT2D eigenvalue weighted by molar-refractivity contribution is 6.08. The Balaban J connectivity index is 2.29. The van der Waals surface area contributed by atoms with Gasteiger partial charge in [0.05, 0.1) is 11.9 Å². The highest BCUT2D eigenvalue weighted by atomic mass is 16.2. The summed E-state index contributed by atoms with van der Waals surface area (Å²) in [6.45, 7) is 4.40. The summed E-state index contributed by atoms with van der Waals surface area (Å²) in [4.78, 5) is 26.0. The van der Waals surface area contributed by atoms with E-state index in [4.69, 9.17) is 0 Å². The Labute approximate surface area is 129 Å².